The molecule has 4 nitrogen and oxygen atoms in total. The van der Waals surface area contributed by atoms with Gasteiger partial charge in [0.2, 0.25) is 0 Å². The lowest BCUT2D eigenvalue weighted by Gasteiger charge is -2.11. The summed E-state index contributed by atoms with van der Waals surface area (Å²) in [4.78, 5) is 24.8. The summed E-state index contributed by atoms with van der Waals surface area (Å²) < 4.78 is 0. The first-order valence-corrected chi connectivity index (χ1v) is 9.00. The lowest BCUT2D eigenvalue weighted by molar-refractivity contribution is 0.101. The molecule has 0 aliphatic rings. The molecule has 3 aromatic rings. The number of carbonyl (C=O) groups excluding carboxylic acids is 2. The summed E-state index contributed by atoms with van der Waals surface area (Å²) in [5, 5.41) is 6.47. The molecule has 3 aromatic carbocycles. The zero-order chi connectivity index (χ0) is 19.4. The second kappa shape index (κ2) is 8.44. The summed E-state index contributed by atoms with van der Waals surface area (Å²) in [5.41, 5.74) is 1.56. The quantitative estimate of drug-likeness (QED) is 0.533. The molecule has 0 spiro atoms. The van der Waals surface area contributed by atoms with Gasteiger partial charge in [-0.15, -0.1) is 0 Å². The Kier molecular flexibility index (Phi) is 6.01. The van der Waals surface area contributed by atoms with Crippen molar-refractivity contribution in [2.24, 2.45) is 0 Å². The van der Waals surface area contributed by atoms with E-state index in [1.54, 1.807) is 54.6 Å². The largest absolute Gasteiger partial charge is 0.322 e. The molecule has 136 valence electrons. The smallest absolute Gasteiger partial charge is 0.257 e. The number of halogens is 3. The molecule has 0 saturated heterocycles. The van der Waals surface area contributed by atoms with Gasteiger partial charge in [-0.3, -0.25) is 9.59 Å². The van der Waals surface area contributed by atoms with Crippen LogP contribution in [-0.2, 0) is 0 Å². The van der Waals surface area contributed by atoms with Crippen molar-refractivity contribution in [1.29, 1.82) is 0 Å². The van der Waals surface area contributed by atoms with Crippen molar-refractivity contribution in [3.05, 3.63) is 92.9 Å². The van der Waals surface area contributed by atoms with Gasteiger partial charge in [0.05, 0.1) is 21.3 Å². The van der Waals surface area contributed by atoms with E-state index in [4.69, 9.17) is 34.8 Å². The summed E-state index contributed by atoms with van der Waals surface area (Å²) in [5.74, 6) is -0.732. The minimum atomic E-state index is -0.426. The fourth-order valence-electron chi connectivity index (χ4n) is 2.35. The minimum Gasteiger partial charge on any atom is -0.322 e. The molecule has 0 atom stereocenters. The number of benzene rings is 3. The van der Waals surface area contributed by atoms with Crippen LogP contribution in [0.5, 0.6) is 0 Å². The van der Waals surface area contributed by atoms with Crippen molar-refractivity contribution >= 4 is 58.0 Å². The molecule has 0 saturated carbocycles. The third-order valence-corrected chi connectivity index (χ3v) is 4.58. The highest BCUT2D eigenvalue weighted by atomic mass is 35.5. The molecule has 0 unspecified atom stereocenters. The van der Waals surface area contributed by atoms with Gasteiger partial charge < -0.3 is 10.6 Å². The lowest BCUT2D eigenvalue weighted by atomic mass is 10.2. The summed E-state index contributed by atoms with van der Waals surface area (Å²) in [6, 6.07) is 18.1. The Labute approximate surface area is 171 Å². The molecule has 7 heteroatoms. The van der Waals surface area contributed by atoms with Gasteiger partial charge in [0, 0.05) is 16.3 Å². The molecule has 3 rings (SSSR count). The SMILES string of the molecule is O=C(Nc1cc(NC(=O)c2cc(Cl)ccc2Cl)ccc1Cl)c1ccccc1. The van der Waals surface area contributed by atoms with Crippen molar-refractivity contribution in [3.63, 3.8) is 0 Å². The Balaban J connectivity index is 1.80. The van der Waals surface area contributed by atoms with Gasteiger partial charge in [-0.1, -0.05) is 53.0 Å². The molecular formula is C20H13Cl3N2O2. The first kappa shape index (κ1) is 19.2. The van der Waals surface area contributed by atoms with Gasteiger partial charge in [-0.2, -0.15) is 0 Å². The van der Waals surface area contributed by atoms with Gasteiger partial charge in [-0.25, -0.2) is 0 Å². The molecule has 0 heterocycles. The molecular weight excluding hydrogens is 407 g/mol. The zero-order valence-electron chi connectivity index (χ0n) is 13.8. The lowest BCUT2D eigenvalue weighted by Crippen LogP contribution is -2.14. The van der Waals surface area contributed by atoms with Crippen LogP contribution in [-0.4, -0.2) is 11.8 Å². The van der Waals surface area contributed by atoms with Crippen LogP contribution < -0.4 is 10.6 Å². The second-order valence-electron chi connectivity index (χ2n) is 5.59. The topological polar surface area (TPSA) is 58.2 Å². The van der Waals surface area contributed by atoms with E-state index in [0.29, 0.717) is 27.0 Å². The van der Waals surface area contributed by atoms with Crippen LogP contribution in [0.1, 0.15) is 20.7 Å². The Morgan fingerprint density at radius 3 is 2.15 bits per heavy atom. The van der Waals surface area contributed by atoms with Gasteiger partial charge in [0.25, 0.3) is 11.8 Å². The molecule has 0 fully saturated rings. The maximum atomic E-state index is 12.5. The van der Waals surface area contributed by atoms with E-state index in [1.807, 2.05) is 6.07 Å². The van der Waals surface area contributed by atoms with Crippen molar-refractivity contribution < 1.29 is 9.59 Å². The Bertz CT molecular complexity index is 1010. The number of carbonyl (C=O) groups is 2. The highest BCUT2D eigenvalue weighted by Crippen LogP contribution is 2.27. The third-order valence-electron chi connectivity index (χ3n) is 3.68. The molecule has 2 amide bonds. The van der Waals surface area contributed by atoms with E-state index in [1.165, 1.54) is 6.07 Å². The predicted molar refractivity (Wildman–Crippen MR) is 110 cm³/mol. The fourth-order valence-corrected chi connectivity index (χ4v) is 2.89. The Morgan fingerprint density at radius 1 is 0.704 bits per heavy atom. The second-order valence-corrected chi connectivity index (χ2v) is 6.84. The number of hydrogen-bond donors (Lipinski definition) is 2. The molecule has 0 bridgehead atoms. The van der Waals surface area contributed by atoms with Crippen molar-refractivity contribution in [2.45, 2.75) is 0 Å². The number of rotatable bonds is 4. The van der Waals surface area contributed by atoms with Crippen LogP contribution in [0.15, 0.2) is 66.7 Å². The molecule has 0 aliphatic carbocycles. The van der Waals surface area contributed by atoms with Gasteiger partial charge in [0.1, 0.15) is 0 Å². The Morgan fingerprint density at radius 2 is 1.41 bits per heavy atom. The van der Waals surface area contributed by atoms with Crippen LogP contribution in [0.3, 0.4) is 0 Å². The fraction of sp³-hybridized carbons (Fsp3) is 0. The van der Waals surface area contributed by atoms with Gasteiger partial charge in [0.15, 0.2) is 0 Å². The van der Waals surface area contributed by atoms with Crippen LogP contribution in [0.2, 0.25) is 15.1 Å². The van der Waals surface area contributed by atoms with E-state index in [0.717, 1.165) is 0 Å². The molecule has 27 heavy (non-hydrogen) atoms. The van der Waals surface area contributed by atoms with E-state index >= 15 is 0 Å². The molecule has 0 aromatic heterocycles. The number of hydrogen-bond acceptors (Lipinski definition) is 2. The third kappa shape index (κ3) is 4.80. The molecule has 0 aliphatic heterocycles. The van der Waals surface area contributed by atoms with E-state index in [-0.39, 0.29) is 16.5 Å². The molecule has 0 radical (unpaired) electrons. The average molecular weight is 420 g/mol. The summed E-state index contributed by atoms with van der Waals surface area (Å²) in [7, 11) is 0. The van der Waals surface area contributed by atoms with Crippen molar-refractivity contribution in [1.82, 2.24) is 0 Å². The van der Waals surface area contributed by atoms with E-state index < -0.39 is 5.91 Å². The average Bonchev–Trinajstić information content (AvgIpc) is 2.67. The first-order valence-electron chi connectivity index (χ1n) is 7.86. The van der Waals surface area contributed by atoms with Crippen LogP contribution >= 0.6 is 34.8 Å². The van der Waals surface area contributed by atoms with Crippen LogP contribution in [0.25, 0.3) is 0 Å². The normalized spacial score (nSPS) is 10.3. The van der Waals surface area contributed by atoms with Crippen molar-refractivity contribution in [2.75, 3.05) is 10.6 Å². The van der Waals surface area contributed by atoms with Gasteiger partial charge >= 0.3 is 0 Å². The maximum Gasteiger partial charge on any atom is 0.257 e. The number of nitrogens with one attached hydrogen (secondary N) is 2. The standard InChI is InChI=1S/C20H13Cl3N2O2/c21-13-6-8-16(22)15(10-13)20(27)24-14-7-9-17(23)18(11-14)25-19(26)12-4-2-1-3-5-12/h1-11H,(H,24,27)(H,25,26). The summed E-state index contributed by atoms with van der Waals surface area (Å²) >= 11 is 18.1. The van der Waals surface area contributed by atoms with E-state index in [9.17, 15) is 9.59 Å². The molecule has 2 N–H and O–H groups in total. The maximum absolute atomic E-state index is 12.5. The van der Waals surface area contributed by atoms with Crippen molar-refractivity contribution in [3.8, 4) is 0 Å². The number of anilines is 2. The predicted octanol–water partition coefficient (Wildman–Crippen LogP) is 6.15. The van der Waals surface area contributed by atoms with Crippen LogP contribution in [0.4, 0.5) is 11.4 Å². The van der Waals surface area contributed by atoms with Crippen LogP contribution in [0, 0.1) is 0 Å². The summed E-state index contributed by atoms with van der Waals surface area (Å²) in [6.45, 7) is 0. The highest BCUT2D eigenvalue weighted by molar-refractivity contribution is 6.36. The minimum absolute atomic E-state index is 0.244. The monoisotopic (exact) mass is 418 g/mol. The van der Waals surface area contributed by atoms with Gasteiger partial charge in [-0.05, 0) is 48.5 Å². The Hall–Kier alpha value is -2.53. The highest BCUT2D eigenvalue weighted by Gasteiger charge is 2.13. The first-order chi connectivity index (χ1) is 12.9. The number of amides is 2. The summed E-state index contributed by atoms with van der Waals surface area (Å²) in [6.07, 6.45) is 0. The van der Waals surface area contributed by atoms with E-state index in [2.05, 4.69) is 10.6 Å². The zero-order valence-corrected chi connectivity index (χ0v) is 16.1.